The number of rotatable bonds is 3. The van der Waals surface area contributed by atoms with Crippen molar-refractivity contribution in [3.05, 3.63) is 47.8 Å². The van der Waals surface area contributed by atoms with Gasteiger partial charge in [0, 0.05) is 12.3 Å². The van der Waals surface area contributed by atoms with Crippen LogP contribution in [0.2, 0.25) is 0 Å². The van der Waals surface area contributed by atoms with E-state index in [4.69, 9.17) is 11.0 Å². The number of nitrogen functional groups attached to an aromatic ring is 1. The van der Waals surface area contributed by atoms with Gasteiger partial charge in [0.05, 0.1) is 5.69 Å². The number of anilines is 2. The fraction of sp³-hybridized carbons (Fsp3) is 0. The molecule has 0 bridgehead atoms. The molecule has 2 rings (SSSR count). The molecule has 3 N–H and O–H groups in total. The predicted molar refractivity (Wildman–Crippen MR) is 70.5 cm³/mol. The molecule has 1 aromatic carbocycles. The zero-order valence-corrected chi connectivity index (χ0v) is 11.2. The van der Waals surface area contributed by atoms with Crippen LogP contribution in [0.5, 0.6) is 0 Å². The number of nitrogens with zero attached hydrogens (tertiary/aromatic N) is 2. The van der Waals surface area contributed by atoms with E-state index in [1.54, 1.807) is 6.07 Å². The number of aromatic nitrogens is 1. The lowest BCUT2D eigenvalue weighted by molar-refractivity contribution is 0.583. The molecule has 1 heterocycles. The molecule has 0 spiro atoms. The Hall–Kier alpha value is -2.73. The molecule has 6 nitrogen and oxygen atoms in total. The molecular weight excluding hydrogens is 302 g/mol. The lowest BCUT2D eigenvalue weighted by atomic mass is 10.2. The number of nitrogens with two attached hydrogens (primary N) is 1. The minimum atomic E-state index is -4.29. The van der Waals surface area contributed by atoms with Crippen LogP contribution in [0.4, 0.5) is 20.2 Å². The average Bonchev–Trinajstić information content (AvgIpc) is 2.43. The molecule has 0 saturated heterocycles. The van der Waals surface area contributed by atoms with E-state index in [9.17, 15) is 17.2 Å². The summed E-state index contributed by atoms with van der Waals surface area (Å²) in [5.74, 6) is -2.11. The Labute approximate surface area is 118 Å². The summed E-state index contributed by atoms with van der Waals surface area (Å²) in [6.45, 7) is 0. The first kappa shape index (κ1) is 14.7. The van der Waals surface area contributed by atoms with Crippen LogP contribution in [-0.4, -0.2) is 13.4 Å². The highest BCUT2D eigenvalue weighted by Crippen LogP contribution is 2.27. The molecule has 9 heteroatoms. The number of hydrogen-bond acceptors (Lipinski definition) is 5. The number of benzene rings is 1. The molecule has 0 saturated carbocycles. The van der Waals surface area contributed by atoms with Gasteiger partial charge in [0.25, 0.3) is 10.0 Å². The van der Waals surface area contributed by atoms with E-state index in [0.717, 1.165) is 12.1 Å². The Morgan fingerprint density at radius 2 is 2.05 bits per heavy atom. The Bertz CT molecular complexity index is 824. The Balaban J connectivity index is 2.51. The van der Waals surface area contributed by atoms with E-state index >= 15 is 0 Å². The van der Waals surface area contributed by atoms with E-state index in [2.05, 4.69) is 4.98 Å². The highest BCUT2D eigenvalue weighted by Gasteiger charge is 2.22. The summed E-state index contributed by atoms with van der Waals surface area (Å²) in [5.41, 5.74) is 4.02. The van der Waals surface area contributed by atoms with Crippen molar-refractivity contribution >= 4 is 21.4 Å². The zero-order valence-electron chi connectivity index (χ0n) is 10.3. The Morgan fingerprint density at radius 3 is 2.67 bits per heavy atom. The van der Waals surface area contributed by atoms with Crippen LogP contribution in [0.3, 0.4) is 0 Å². The molecule has 108 valence electrons. The molecule has 0 fully saturated rings. The number of halogens is 2. The van der Waals surface area contributed by atoms with Crippen LogP contribution in [-0.2, 0) is 10.0 Å². The molecule has 0 aliphatic carbocycles. The first-order valence-electron chi connectivity index (χ1n) is 5.47. The van der Waals surface area contributed by atoms with Crippen LogP contribution in [0.25, 0.3) is 0 Å². The van der Waals surface area contributed by atoms with Crippen molar-refractivity contribution < 1.29 is 17.2 Å². The summed E-state index contributed by atoms with van der Waals surface area (Å²) in [5, 5.41) is 8.84. The van der Waals surface area contributed by atoms with Crippen LogP contribution in [0.15, 0.2) is 35.4 Å². The first-order valence-corrected chi connectivity index (χ1v) is 6.96. The average molecular weight is 310 g/mol. The fourth-order valence-corrected chi connectivity index (χ4v) is 2.79. The monoisotopic (exact) mass is 310 g/mol. The summed E-state index contributed by atoms with van der Waals surface area (Å²) in [7, 11) is -4.29. The molecule has 0 aliphatic heterocycles. The smallest absolute Gasteiger partial charge is 0.264 e. The van der Waals surface area contributed by atoms with Crippen molar-refractivity contribution in [3.8, 4) is 6.07 Å². The molecular formula is C12H8F2N4O2S. The minimum Gasteiger partial charge on any atom is -0.397 e. The van der Waals surface area contributed by atoms with Crippen molar-refractivity contribution in [2.45, 2.75) is 4.90 Å². The van der Waals surface area contributed by atoms with Gasteiger partial charge in [-0.25, -0.2) is 22.2 Å². The number of nitriles is 1. The maximum Gasteiger partial charge on any atom is 0.264 e. The first-order chi connectivity index (χ1) is 9.85. The number of hydrogen-bond donors (Lipinski definition) is 2. The molecule has 2 aromatic rings. The van der Waals surface area contributed by atoms with Crippen LogP contribution in [0, 0.1) is 23.0 Å². The molecule has 0 atom stereocenters. The van der Waals surface area contributed by atoms with E-state index in [1.165, 1.54) is 12.3 Å². The Morgan fingerprint density at radius 1 is 1.33 bits per heavy atom. The summed E-state index contributed by atoms with van der Waals surface area (Å²) in [6, 6.07) is 5.31. The highest BCUT2D eigenvalue weighted by atomic mass is 32.2. The SMILES string of the molecule is N#Cc1ncccc1S(=O)(=O)Nc1c(N)cc(F)cc1F. The second-order valence-electron chi connectivity index (χ2n) is 3.92. The van der Waals surface area contributed by atoms with Crippen LogP contribution >= 0.6 is 0 Å². The third kappa shape index (κ3) is 2.90. The molecule has 1 aromatic heterocycles. The van der Waals surface area contributed by atoms with Crippen molar-refractivity contribution in [1.29, 1.82) is 5.26 Å². The predicted octanol–water partition coefficient (Wildman–Crippen LogP) is 1.61. The summed E-state index contributed by atoms with van der Waals surface area (Å²) in [6.07, 6.45) is 1.24. The van der Waals surface area contributed by atoms with Crippen molar-refractivity contribution in [3.63, 3.8) is 0 Å². The second-order valence-corrected chi connectivity index (χ2v) is 5.57. The van der Waals surface area contributed by atoms with Crippen LogP contribution in [0.1, 0.15) is 5.69 Å². The normalized spacial score (nSPS) is 10.9. The summed E-state index contributed by atoms with van der Waals surface area (Å²) in [4.78, 5) is 3.16. The molecule has 0 amide bonds. The van der Waals surface area contributed by atoms with E-state index < -0.39 is 37.9 Å². The highest BCUT2D eigenvalue weighted by molar-refractivity contribution is 7.92. The zero-order chi connectivity index (χ0) is 15.6. The summed E-state index contributed by atoms with van der Waals surface area (Å²) >= 11 is 0. The minimum absolute atomic E-state index is 0.355. The van der Waals surface area contributed by atoms with Crippen molar-refractivity contribution in [2.75, 3.05) is 10.5 Å². The second kappa shape index (κ2) is 5.34. The summed E-state index contributed by atoms with van der Waals surface area (Å²) < 4.78 is 52.7. The standard InChI is InChI=1S/C12H8F2N4O2S/c13-7-4-8(14)12(9(16)5-7)18-21(19,20)11-2-1-3-17-10(11)6-15/h1-5,18H,16H2. The van der Waals surface area contributed by atoms with Crippen molar-refractivity contribution in [1.82, 2.24) is 4.98 Å². The number of nitrogens with one attached hydrogen (secondary N) is 1. The third-order valence-corrected chi connectivity index (χ3v) is 3.87. The van der Waals surface area contributed by atoms with Gasteiger partial charge in [-0.2, -0.15) is 5.26 Å². The van der Waals surface area contributed by atoms with Gasteiger partial charge >= 0.3 is 0 Å². The number of pyridine rings is 1. The van der Waals surface area contributed by atoms with Gasteiger partial charge < -0.3 is 5.73 Å². The Kier molecular flexibility index (Phi) is 3.73. The topological polar surface area (TPSA) is 109 Å². The van der Waals surface area contributed by atoms with Gasteiger partial charge in [0.2, 0.25) is 0 Å². The van der Waals surface area contributed by atoms with E-state index in [1.807, 2.05) is 4.72 Å². The van der Waals surface area contributed by atoms with E-state index in [0.29, 0.717) is 6.07 Å². The van der Waals surface area contributed by atoms with Gasteiger partial charge in [-0.05, 0) is 18.2 Å². The maximum atomic E-state index is 13.6. The van der Waals surface area contributed by atoms with Gasteiger partial charge in [-0.3, -0.25) is 4.72 Å². The van der Waals surface area contributed by atoms with Gasteiger partial charge in [0.15, 0.2) is 11.5 Å². The third-order valence-electron chi connectivity index (χ3n) is 2.49. The van der Waals surface area contributed by atoms with E-state index in [-0.39, 0.29) is 5.69 Å². The van der Waals surface area contributed by atoms with Gasteiger partial charge in [0.1, 0.15) is 22.5 Å². The van der Waals surface area contributed by atoms with Gasteiger partial charge in [-0.1, -0.05) is 0 Å². The largest absolute Gasteiger partial charge is 0.397 e. The molecule has 21 heavy (non-hydrogen) atoms. The number of sulfonamides is 1. The molecule has 0 aliphatic rings. The molecule has 0 unspecified atom stereocenters. The van der Waals surface area contributed by atoms with Crippen LogP contribution < -0.4 is 10.5 Å². The lowest BCUT2D eigenvalue weighted by Gasteiger charge is -2.11. The van der Waals surface area contributed by atoms with Gasteiger partial charge in [-0.15, -0.1) is 0 Å². The van der Waals surface area contributed by atoms with Crippen molar-refractivity contribution in [2.24, 2.45) is 0 Å². The fourth-order valence-electron chi connectivity index (χ4n) is 1.58. The molecule has 0 radical (unpaired) electrons. The lowest BCUT2D eigenvalue weighted by Crippen LogP contribution is -2.17. The maximum absolute atomic E-state index is 13.6. The quantitative estimate of drug-likeness (QED) is 0.837.